The molecule has 1 fully saturated rings. The number of nitro groups is 1. The van der Waals surface area contributed by atoms with Crippen molar-refractivity contribution in [2.75, 3.05) is 30.3 Å². The standard InChI is InChI=1S/C24H31N3O6S/c1-4-21(26(34(3,31)32)22-16-20(27(29)30)11-10-18(22)2)23(28)25-17-24(12-14-33-15-13-24)19-8-6-5-7-9-19/h5-11,16,21H,4,12-15,17H2,1-3H3,(H,25,28)/t21-/m1/s1. The third kappa shape index (κ3) is 5.56. The van der Waals surface area contributed by atoms with E-state index in [2.05, 4.69) is 5.32 Å². The average Bonchev–Trinajstić information content (AvgIpc) is 2.82. The first kappa shape index (κ1) is 25.6. The number of sulfonamides is 1. The lowest BCUT2D eigenvalue weighted by Crippen LogP contribution is -2.53. The highest BCUT2D eigenvalue weighted by atomic mass is 32.2. The zero-order valence-corrected chi connectivity index (χ0v) is 20.5. The molecule has 1 aliphatic heterocycles. The number of nitrogens with one attached hydrogen (secondary N) is 1. The predicted octanol–water partition coefficient (Wildman–Crippen LogP) is 3.31. The third-order valence-electron chi connectivity index (χ3n) is 6.41. The summed E-state index contributed by atoms with van der Waals surface area (Å²) in [7, 11) is -3.92. The molecule has 1 amide bonds. The molecule has 1 N–H and O–H groups in total. The lowest BCUT2D eigenvalue weighted by molar-refractivity contribution is -0.384. The first-order valence-electron chi connectivity index (χ1n) is 11.2. The Kier molecular flexibility index (Phi) is 7.93. The Labute approximate surface area is 200 Å². The first-order chi connectivity index (χ1) is 16.1. The van der Waals surface area contributed by atoms with Gasteiger partial charge in [0, 0.05) is 37.3 Å². The van der Waals surface area contributed by atoms with Crippen LogP contribution >= 0.6 is 0 Å². The monoisotopic (exact) mass is 489 g/mol. The van der Waals surface area contributed by atoms with Gasteiger partial charge in [-0.2, -0.15) is 0 Å². The van der Waals surface area contributed by atoms with Crippen molar-refractivity contribution in [3.05, 3.63) is 69.8 Å². The van der Waals surface area contributed by atoms with Crippen molar-refractivity contribution in [3.63, 3.8) is 0 Å². The van der Waals surface area contributed by atoms with E-state index < -0.39 is 26.9 Å². The number of carbonyl (C=O) groups excluding carboxylic acids is 1. The molecule has 0 bridgehead atoms. The van der Waals surface area contributed by atoms with Gasteiger partial charge in [0.1, 0.15) is 6.04 Å². The highest BCUT2D eigenvalue weighted by Crippen LogP contribution is 2.35. The lowest BCUT2D eigenvalue weighted by atomic mass is 9.74. The van der Waals surface area contributed by atoms with Crippen molar-refractivity contribution in [2.45, 2.75) is 44.6 Å². The van der Waals surface area contributed by atoms with Crippen LogP contribution in [0.25, 0.3) is 0 Å². The summed E-state index contributed by atoms with van der Waals surface area (Å²) in [6.07, 6.45) is 2.66. The largest absolute Gasteiger partial charge is 0.381 e. The third-order valence-corrected chi connectivity index (χ3v) is 7.57. The quantitative estimate of drug-likeness (QED) is 0.426. The van der Waals surface area contributed by atoms with E-state index in [1.165, 1.54) is 18.2 Å². The van der Waals surface area contributed by atoms with Crippen molar-refractivity contribution >= 4 is 27.3 Å². The molecule has 0 unspecified atom stereocenters. The Balaban J connectivity index is 1.92. The van der Waals surface area contributed by atoms with Gasteiger partial charge in [-0.05, 0) is 37.3 Å². The number of benzene rings is 2. The van der Waals surface area contributed by atoms with E-state index in [1.54, 1.807) is 13.8 Å². The molecule has 9 nitrogen and oxygen atoms in total. The van der Waals surface area contributed by atoms with Crippen molar-refractivity contribution in [3.8, 4) is 0 Å². The number of nitro benzene ring substituents is 1. The van der Waals surface area contributed by atoms with E-state index in [-0.39, 0.29) is 23.2 Å². The zero-order chi connectivity index (χ0) is 24.9. The molecule has 1 saturated heterocycles. The minimum atomic E-state index is -3.92. The maximum absolute atomic E-state index is 13.4. The van der Waals surface area contributed by atoms with E-state index >= 15 is 0 Å². The zero-order valence-electron chi connectivity index (χ0n) is 19.7. The fourth-order valence-corrected chi connectivity index (χ4v) is 5.74. The van der Waals surface area contributed by atoms with Gasteiger partial charge in [0.15, 0.2) is 0 Å². The van der Waals surface area contributed by atoms with Crippen LogP contribution in [0.5, 0.6) is 0 Å². The van der Waals surface area contributed by atoms with E-state index in [1.807, 2.05) is 30.3 Å². The molecule has 1 aliphatic rings. The summed E-state index contributed by atoms with van der Waals surface area (Å²) in [6, 6.07) is 12.9. The number of amides is 1. The molecule has 0 saturated carbocycles. The number of non-ortho nitro benzene ring substituents is 1. The normalized spacial score (nSPS) is 16.4. The topological polar surface area (TPSA) is 119 Å². The lowest BCUT2D eigenvalue weighted by Gasteiger charge is -2.39. The van der Waals surface area contributed by atoms with Gasteiger partial charge in [-0.25, -0.2) is 8.42 Å². The molecule has 184 valence electrons. The summed E-state index contributed by atoms with van der Waals surface area (Å²) in [5, 5.41) is 14.3. The van der Waals surface area contributed by atoms with Gasteiger partial charge in [0.2, 0.25) is 15.9 Å². The second-order valence-corrected chi connectivity index (χ2v) is 10.5. The van der Waals surface area contributed by atoms with Crippen LogP contribution in [-0.4, -0.2) is 51.3 Å². The molecular weight excluding hydrogens is 458 g/mol. The molecule has 1 heterocycles. The predicted molar refractivity (Wildman–Crippen MR) is 130 cm³/mol. The molecule has 34 heavy (non-hydrogen) atoms. The minimum Gasteiger partial charge on any atom is -0.381 e. The Morgan fingerprint density at radius 2 is 1.85 bits per heavy atom. The molecule has 1 atom stereocenters. The van der Waals surface area contributed by atoms with Crippen LogP contribution < -0.4 is 9.62 Å². The molecule has 0 aromatic heterocycles. The SMILES string of the molecule is CC[C@H](C(=O)NCC1(c2ccccc2)CCOCC1)N(c1cc([N+](=O)[O-])ccc1C)S(C)(=O)=O. The van der Waals surface area contributed by atoms with E-state index in [9.17, 15) is 23.3 Å². The summed E-state index contributed by atoms with van der Waals surface area (Å²) < 4.78 is 32.2. The summed E-state index contributed by atoms with van der Waals surface area (Å²) in [5.41, 5.74) is 1.19. The van der Waals surface area contributed by atoms with Gasteiger partial charge in [0.05, 0.1) is 16.9 Å². The Morgan fingerprint density at radius 3 is 2.41 bits per heavy atom. The van der Waals surface area contributed by atoms with Crippen molar-refractivity contribution < 1.29 is 22.9 Å². The smallest absolute Gasteiger partial charge is 0.271 e. The van der Waals surface area contributed by atoms with Crippen LogP contribution in [-0.2, 0) is 25.0 Å². The molecule has 2 aromatic rings. The van der Waals surface area contributed by atoms with Gasteiger partial charge in [-0.15, -0.1) is 0 Å². The van der Waals surface area contributed by atoms with Gasteiger partial charge >= 0.3 is 0 Å². The molecule has 0 radical (unpaired) electrons. The number of rotatable bonds is 9. The van der Waals surface area contributed by atoms with Crippen LogP contribution in [0.1, 0.15) is 37.3 Å². The number of carbonyl (C=O) groups is 1. The highest BCUT2D eigenvalue weighted by Gasteiger charge is 2.37. The average molecular weight is 490 g/mol. The summed E-state index contributed by atoms with van der Waals surface area (Å²) in [6.45, 7) is 4.86. The Hall–Kier alpha value is -2.98. The van der Waals surface area contributed by atoms with E-state index in [4.69, 9.17) is 4.74 Å². The molecule has 10 heteroatoms. The van der Waals surface area contributed by atoms with E-state index in [0.717, 1.165) is 29.0 Å². The maximum atomic E-state index is 13.4. The van der Waals surface area contributed by atoms with Crippen LogP contribution in [0, 0.1) is 17.0 Å². The fourth-order valence-electron chi connectivity index (χ4n) is 4.48. The van der Waals surface area contributed by atoms with Crippen molar-refractivity contribution in [1.29, 1.82) is 0 Å². The van der Waals surface area contributed by atoms with Crippen molar-refractivity contribution in [2.24, 2.45) is 0 Å². The molecule has 3 rings (SSSR count). The fraction of sp³-hybridized carbons (Fsp3) is 0.458. The van der Waals surface area contributed by atoms with Gasteiger partial charge in [0.25, 0.3) is 5.69 Å². The molecular formula is C24H31N3O6S. The van der Waals surface area contributed by atoms with E-state index in [0.29, 0.717) is 25.3 Å². The molecule has 0 spiro atoms. The number of ether oxygens (including phenoxy) is 1. The highest BCUT2D eigenvalue weighted by molar-refractivity contribution is 7.92. The van der Waals surface area contributed by atoms with Gasteiger partial charge in [-0.3, -0.25) is 19.2 Å². The molecule has 2 aromatic carbocycles. The van der Waals surface area contributed by atoms with Crippen molar-refractivity contribution in [1.82, 2.24) is 5.32 Å². The second kappa shape index (κ2) is 10.5. The van der Waals surface area contributed by atoms with Crippen LogP contribution in [0.4, 0.5) is 11.4 Å². The van der Waals surface area contributed by atoms with Gasteiger partial charge in [-0.1, -0.05) is 43.3 Å². The Bertz CT molecular complexity index is 1130. The second-order valence-electron chi connectivity index (χ2n) is 8.69. The number of hydrogen-bond donors (Lipinski definition) is 1. The minimum absolute atomic E-state index is 0.127. The Morgan fingerprint density at radius 1 is 1.21 bits per heavy atom. The first-order valence-corrected chi connectivity index (χ1v) is 13.1. The maximum Gasteiger partial charge on any atom is 0.271 e. The van der Waals surface area contributed by atoms with Crippen LogP contribution in [0.15, 0.2) is 48.5 Å². The summed E-state index contributed by atoms with van der Waals surface area (Å²) in [4.78, 5) is 24.1. The molecule has 0 aliphatic carbocycles. The van der Waals surface area contributed by atoms with Crippen LogP contribution in [0.3, 0.4) is 0 Å². The summed E-state index contributed by atoms with van der Waals surface area (Å²) >= 11 is 0. The number of hydrogen-bond acceptors (Lipinski definition) is 6. The van der Waals surface area contributed by atoms with Gasteiger partial charge < -0.3 is 10.1 Å². The van der Waals surface area contributed by atoms with Crippen LogP contribution in [0.2, 0.25) is 0 Å². The number of aryl methyl sites for hydroxylation is 1. The number of nitrogens with zero attached hydrogens (tertiary/aromatic N) is 2. The number of anilines is 1. The summed E-state index contributed by atoms with van der Waals surface area (Å²) in [5.74, 6) is -0.444.